The summed E-state index contributed by atoms with van der Waals surface area (Å²) in [6.45, 7) is 4.36. The van der Waals surface area contributed by atoms with Crippen molar-refractivity contribution in [1.82, 2.24) is 9.80 Å². The minimum Gasteiger partial charge on any atom is -0.496 e. The van der Waals surface area contributed by atoms with Crippen molar-refractivity contribution in [3.8, 4) is 5.75 Å². The van der Waals surface area contributed by atoms with Gasteiger partial charge in [-0.3, -0.25) is 14.5 Å². The van der Waals surface area contributed by atoms with Gasteiger partial charge >= 0.3 is 0 Å². The van der Waals surface area contributed by atoms with Crippen molar-refractivity contribution < 1.29 is 14.3 Å². The zero-order valence-electron chi connectivity index (χ0n) is 17.2. The third-order valence-corrected chi connectivity index (χ3v) is 5.68. The van der Waals surface area contributed by atoms with Crippen LogP contribution in [-0.4, -0.2) is 48.4 Å². The second-order valence-corrected chi connectivity index (χ2v) is 7.65. The van der Waals surface area contributed by atoms with Gasteiger partial charge in [0.15, 0.2) is 0 Å². The Balaban J connectivity index is 1.82. The lowest BCUT2D eigenvalue weighted by Crippen LogP contribution is -2.35. The number of ether oxygens (including phenoxy) is 1. The molecule has 1 aromatic rings. The number of carbonyl (C=O) groups is 2. The zero-order valence-corrected chi connectivity index (χ0v) is 17.2. The van der Waals surface area contributed by atoms with E-state index in [9.17, 15) is 9.59 Å². The fourth-order valence-corrected chi connectivity index (χ4v) is 4.14. The molecule has 0 bridgehead atoms. The highest BCUT2D eigenvalue weighted by molar-refractivity contribution is 6.36. The van der Waals surface area contributed by atoms with E-state index in [2.05, 4.69) is 11.8 Å². The molecular weight excluding hydrogens is 352 g/mol. The molecule has 2 aliphatic rings. The smallest absolute Gasteiger partial charge is 0.277 e. The second-order valence-electron chi connectivity index (χ2n) is 7.65. The molecule has 28 heavy (non-hydrogen) atoms. The first-order valence-electron chi connectivity index (χ1n) is 10.7. The van der Waals surface area contributed by atoms with Gasteiger partial charge in [0.05, 0.1) is 12.7 Å². The summed E-state index contributed by atoms with van der Waals surface area (Å²) in [6.07, 6.45) is 8.89. The average Bonchev–Trinajstić information content (AvgIpc) is 3.32. The van der Waals surface area contributed by atoms with Crippen LogP contribution in [0.15, 0.2) is 30.0 Å². The molecule has 2 heterocycles. The van der Waals surface area contributed by atoms with Gasteiger partial charge in [-0.2, -0.15) is 0 Å². The molecular formula is C23H32N2O3. The van der Waals surface area contributed by atoms with E-state index in [-0.39, 0.29) is 11.8 Å². The number of unbranched alkanes of at least 4 members (excludes halogenated alkanes) is 5. The number of hydrogen-bond acceptors (Lipinski definition) is 4. The molecule has 5 nitrogen and oxygen atoms in total. The van der Waals surface area contributed by atoms with Crippen molar-refractivity contribution in [1.29, 1.82) is 0 Å². The Kier molecular flexibility index (Phi) is 7.12. The quantitative estimate of drug-likeness (QED) is 0.447. The Bertz CT molecular complexity index is 735. The van der Waals surface area contributed by atoms with Gasteiger partial charge in [0.25, 0.3) is 11.8 Å². The maximum Gasteiger partial charge on any atom is 0.277 e. The third-order valence-electron chi connectivity index (χ3n) is 5.68. The molecule has 3 rings (SSSR count). The Morgan fingerprint density at radius 3 is 2.32 bits per heavy atom. The summed E-state index contributed by atoms with van der Waals surface area (Å²) in [5, 5.41) is 0. The van der Waals surface area contributed by atoms with E-state index < -0.39 is 0 Å². The number of likely N-dealkylation sites (tertiary alicyclic amines) is 1. The number of para-hydroxylation sites is 1. The van der Waals surface area contributed by atoms with Crippen molar-refractivity contribution in [3.63, 3.8) is 0 Å². The fraction of sp³-hybridized carbons (Fsp3) is 0.565. The topological polar surface area (TPSA) is 49.9 Å². The molecule has 0 unspecified atom stereocenters. The first-order valence-corrected chi connectivity index (χ1v) is 10.7. The van der Waals surface area contributed by atoms with E-state index in [1.54, 1.807) is 7.11 Å². The van der Waals surface area contributed by atoms with Crippen LogP contribution in [0.3, 0.4) is 0 Å². The Morgan fingerprint density at radius 1 is 0.929 bits per heavy atom. The minimum atomic E-state index is -0.176. The van der Waals surface area contributed by atoms with E-state index >= 15 is 0 Å². The molecule has 2 aliphatic heterocycles. The standard InChI is InChI=1S/C23H32N2O3/c1-3-4-5-6-7-10-17-25-22(26)20(18-13-8-9-14-19(18)28-2)21(23(25)27)24-15-11-12-16-24/h8-9,13-14H,3-7,10-12,15-17H2,1-2H3. The summed E-state index contributed by atoms with van der Waals surface area (Å²) in [5.74, 6) is 0.322. The Hall–Kier alpha value is -2.30. The molecule has 0 N–H and O–H groups in total. The highest BCUT2D eigenvalue weighted by Crippen LogP contribution is 2.37. The second kappa shape index (κ2) is 9.76. The molecule has 0 aromatic heterocycles. The minimum absolute atomic E-state index is 0.138. The Morgan fingerprint density at radius 2 is 1.61 bits per heavy atom. The summed E-state index contributed by atoms with van der Waals surface area (Å²) < 4.78 is 5.49. The Labute approximate surface area is 168 Å². The molecule has 1 fully saturated rings. The van der Waals surface area contributed by atoms with Crippen LogP contribution in [0.25, 0.3) is 5.57 Å². The van der Waals surface area contributed by atoms with Gasteiger partial charge in [0.1, 0.15) is 11.4 Å². The lowest BCUT2D eigenvalue weighted by atomic mass is 10.0. The van der Waals surface area contributed by atoms with E-state index in [1.165, 1.54) is 24.2 Å². The summed E-state index contributed by atoms with van der Waals surface area (Å²) in [6, 6.07) is 7.50. The SMILES string of the molecule is CCCCCCCCN1C(=O)C(c2ccccc2OC)=C(N2CCCC2)C1=O. The van der Waals surface area contributed by atoms with Crippen molar-refractivity contribution in [2.75, 3.05) is 26.7 Å². The number of imide groups is 1. The van der Waals surface area contributed by atoms with Crippen molar-refractivity contribution in [3.05, 3.63) is 35.5 Å². The molecule has 0 radical (unpaired) electrons. The van der Waals surface area contributed by atoms with Gasteiger partial charge in [-0.25, -0.2) is 0 Å². The number of amides is 2. The van der Waals surface area contributed by atoms with Gasteiger partial charge in [0, 0.05) is 25.2 Å². The number of methoxy groups -OCH3 is 1. The van der Waals surface area contributed by atoms with Crippen LogP contribution in [0, 0.1) is 0 Å². The van der Waals surface area contributed by atoms with Gasteiger partial charge < -0.3 is 9.64 Å². The van der Waals surface area contributed by atoms with Gasteiger partial charge in [0.2, 0.25) is 0 Å². The van der Waals surface area contributed by atoms with Gasteiger partial charge in [-0.1, -0.05) is 57.2 Å². The van der Waals surface area contributed by atoms with Crippen LogP contribution in [0.4, 0.5) is 0 Å². The van der Waals surface area contributed by atoms with Crippen molar-refractivity contribution in [2.24, 2.45) is 0 Å². The molecule has 0 aliphatic carbocycles. The fourth-order valence-electron chi connectivity index (χ4n) is 4.14. The first-order chi connectivity index (χ1) is 13.7. The number of carbonyl (C=O) groups excluding carboxylic acids is 2. The summed E-state index contributed by atoms with van der Waals surface area (Å²) in [5.41, 5.74) is 1.80. The third kappa shape index (κ3) is 4.23. The summed E-state index contributed by atoms with van der Waals surface area (Å²) in [7, 11) is 1.60. The van der Waals surface area contributed by atoms with Gasteiger partial charge in [-0.05, 0) is 25.3 Å². The van der Waals surface area contributed by atoms with Crippen LogP contribution in [0.1, 0.15) is 63.9 Å². The van der Waals surface area contributed by atoms with E-state index in [0.717, 1.165) is 50.8 Å². The number of hydrogen-bond donors (Lipinski definition) is 0. The molecule has 0 saturated carbocycles. The molecule has 5 heteroatoms. The van der Waals surface area contributed by atoms with E-state index in [1.807, 2.05) is 24.3 Å². The van der Waals surface area contributed by atoms with Gasteiger partial charge in [-0.15, -0.1) is 0 Å². The average molecular weight is 385 g/mol. The molecule has 2 amide bonds. The predicted octanol–water partition coefficient (Wildman–Crippen LogP) is 4.23. The molecule has 152 valence electrons. The van der Waals surface area contributed by atoms with E-state index in [4.69, 9.17) is 4.74 Å². The lowest BCUT2D eigenvalue weighted by Gasteiger charge is -2.20. The number of rotatable bonds is 10. The monoisotopic (exact) mass is 384 g/mol. The molecule has 1 aromatic carbocycles. The first kappa shape index (κ1) is 20.4. The maximum atomic E-state index is 13.3. The maximum absolute atomic E-state index is 13.3. The highest BCUT2D eigenvalue weighted by Gasteiger charge is 2.42. The van der Waals surface area contributed by atoms with Crippen LogP contribution < -0.4 is 4.74 Å². The summed E-state index contributed by atoms with van der Waals surface area (Å²) >= 11 is 0. The number of benzene rings is 1. The molecule has 1 saturated heterocycles. The van der Waals surface area contributed by atoms with Crippen LogP contribution in [0.5, 0.6) is 5.75 Å². The van der Waals surface area contributed by atoms with Crippen molar-refractivity contribution >= 4 is 17.4 Å². The van der Waals surface area contributed by atoms with Crippen LogP contribution in [0.2, 0.25) is 0 Å². The van der Waals surface area contributed by atoms with Crippen LogP contribution in [-0.2, 0) is 9.59 Å². The highest BCUT2D eigenvalue weighted by atomic mass is 16.5. The summed E-state index contributed by atoms with van der Waals surface area (Å²) in [4.78, 5) is 30.0. The zero-order chi connectivity index (χ0) is 19.9. The molecule has 0 spiro atoms. The normalized spacial score (nSPS) is 17.2. The largest absolute Gasteiger partial charge is 0.496 e. The molecule has 0 atom stereocenters. The number of nitrogens with zero attached hydrogens (tertiary/aromatic N) is 2. The van der Waals surface area contributed by atoms with Crippen molar-refractivity contribution in [2.45, 2.75) is 58.3 Å². The predicted molar refractivity (Wildman–Crippen MR) is 111 cm³/mol. The lowest BCUT2D eigenvalue weighted by molar-refractivity contribution is -0.137. The van der Waals surface area contributed by atoms with Crippen LogP contribution >= 0.6 is 0 Å². The van der Waals surface area contributed by atoms with E-state index in [0.29, 0.717) is 23.6 Å².